The molecule has 2 aromatic rings. The molecule has 100 valence electrons. The first-order valence-electron chi connectivity index (χ1n) is 6.47. The van der Waals surface area contributed by atoms with Crippen LogP contribution in [0.15, 0.2) is 54.6 Å². The molecule has 0 unspecified atom stereocenters. The fourth-order valence-corrected chi connectivity index (χ4v) is 2.15. The summed E-state index contributed by atoms with van der Waals surface area (Å²) in [6.45, 7) is 2.87. The van der Waals surface area contributed by atoms with E-state index in [1.165, 1.54) is 5.56 Å². The number of aliphatic hydroxyl groups is 1. The molecule has 0 radical (unpaired) electrons. The zero-order valence-corrected chi connectivity index (χ0v) is 11.7. The lowest BCUT2D eigenvalue weighted by Crippen LogP contribution is -2.88. The van der Waals surface area contributed by atoms with Crippen LogP contribution >= 0.6 is 11.6 Å². The summed E-state index contributed by atoms with van der Waals surface area (Å²) in [5.74, 6) is 0. The highest BCUT2D eigenvalue weighted by Crippen LogP contribution is 2.14. The first kappa shape index (κ1) is 14.1. The van der Waals surface area contributed by atoms with E-state index in [0.29, 0.717) is 0 Å². The van der Waals surface area contributed by atoms with Gasteiger partial charge in [0.15, 0.2) is 0 Å². The minimum Gasteiger partial charge on any atom is -0.382 e. The van der Waals surface area contributed by atoms with Crippen molar-refractivity contribution in [2.75, 3.05) is 0 Å². The molecule has 3 heteroatoms. The normalized spacial score (nSPS) is 14.1. The Bertz CT molecular complexity index is 498. The maximum Gasteiger partial charge on any atom is 0.130 e. The second-order valence-corrected chi connectivity index (χ2v) is 5.22. The van der Waals surface area contributed by atoms with Crippen molar-refractivity contribution in [2.45, 2.75) is 25.6 Å². The molecule has 2 nitrogen and oxygen atoms in total. The number of benzene rings is 2. The van der Waals surface area contributed by atoms with E-state index in [9.17, 15) is 5.11 Å². The van der Waals surface area contributed by atoms with Crippen LogP contribution in [0.2, 0.25) is 5.02 Å². The number of hydrogen-bond acceptors (Lipinski definition) is 1. The molecule has 0 bridgehead atoms. The molecule has 0 saturated heterocycles. The molecule has 0 saturated carbocycles. The molecule has 0 aliphatic carbocycles. The largest absolute Gasteiger partial charge is 0.382 e. The second-order valence-electron chi connectivity index (χ2n) is 4.78. The molecule has 3 N–H and O–H groups in total. The van der Waals surface area contributed by atoms with Gasteiger partial charge in [-0.1, -0.05) is 54.1 Å². The Morgan fingerprint density at radius 1 is 1.05 bits per heavy atom. The third-order valence-corrected chi connectivity index (χ3v) is 3.53. The van der Waals surface area contributed by atoms with Crippen LogP contribution in [0.4, 0.5) is 0 Å². The Labute approximate surface area is 119 Å². The van der Waals surface area contributed by atoms with Crippen LogP contribution in [-0.2, 0) is 6.54 Å². The van der Waals surface area contributed by atoms with E-state index < -0.39 is 6.10 Å². The van der Waals surface area contributed by atoms with Crippen molar-refractivity contribution >= 4 is 11.6 Å². The van der Waals surface area contributed by atoms with Crippen LogP contribution in [0.1, 0.15) is 24.2 Å². The molecule has 0 aliphatic heterocycles. The van der Waals surface area contributed by atoms with E-state index in [-0.39, 0.29) is 6.04 Å². The Kier molecular flexibility index (Phi) is 4.97. The summed E-state index contributed by atoms with van der Waals surface area (Å²) in [7, 11) is 0. The fourth-order valence-electron chi connectivity index (χ4n) is 2.03. The van der Waals surface area contributed by atoms with Crippen LogP contribution in [0, 0.1) is 0 Å². The van der Waals surface area contributed by atoms with Crippen molar-refractivity contribution in [3.05, 3.63) is 70.7 Å². The lowest BCUT2D eigenvalue weighted by molar-refractivity contribution is -0.709. The summed E-state index contributed by atoms with van der Waals surface area (Å²) in [5.41, 5.74) is 2.17. The summed E-state index contributed by atoms with van der Waals surface area (Å²) in [6.07, 6.45) is -0.450. The van der Waals surface area contributed by atoms with Gasteiger partial charge in [-0.2, -0.15) is 0 Å². The summed E-state index contributed by atoms with van der Waals surface area (Å²) >= 11 is 5.85. The lowest BCUT2D eigenvalue weighted by Gasteiger charge is -2.17. The monoisotopic (exact) mass is 276 g/mol. The third kappa shape index (κ3) is 4.06. The topological polar surface area (TPSA) is 36.8 Å². The number of hydrogen-bond donors (Lipinski definition) is 2. The SMILES string of the molecule is C[C@H]([NH2+]Cc1ccc(Cl)cc1)[C@H](O)c1ccccc1. The first-order valence-corrected chi connectivity index (χ1v) is 6.85. The highest BCUT2D eigenvalue weighted by molar-refractivity contribution is 6.30. The summed E-state index contributed by atoms with van der Waals surface area (Å²) in [4.78, 5) is 0. The standard InChI is InChI=1S/C16H18ClNO/c1-12(16(19)14-5-3-2-4-6-14)18-11-13-7-9-15(17)10-8-13/h2-10,12,16,18-19H,11H2,1H3/p+1/t12-,16-/m0/s1. The Morgan fingerprint density at radius 2 is 1.68 bits per heavy atom. The highest BCUT2D eigenvalue weighted by atomic mass is 35.5. The Balaban J connectivity index is 1.90. The molecule has 0 fully saturated rings. The van der Waals surface area contributed by atoms with Gasteiger partial charge in [0.05, 0.1) is 0 Å². The van der Waals surface area contributed by atoms with Crippen molar-refractivity contribution in [1.29, 1.82) is 0 Å². The number of quaternary nitrogens is 1. The molecule has 0 heterocycles. The third-order valence-electron chi connectivity index (χ3n) is 3.28. The van der Waals surface area contributed by atoms with Gasteiger partial charge in [0.2, 0.25) is 0 Å². The number of nitrogens with two attached hydrogens (primary N) is 1. The van der Waals surface area contributed by atoms with Crippen molar-refractivity contribution in [1.82, 2.24) is 0 Å². The predicted molar refractivity (Wildman–Crippen MR) is 77.9 cm³/mol. The van der Waals surface area contributed by atoms with E-state index in [4.69, 9.17) is 11.6 Å². The smallest absolute Gasteiger partial charge is 0.130 e. The minimum atomic E-state index is -0.450. The van der Waals surface area contributed by atoms with Gasteiger partial charge in [0.1, 0.15) is 18.7 Å². The zero-order chi connectivity index (χ0) is 13.7. The van der Waals surface area contributed by atoms with Gasteiger partial charge in [-0.15, -0.1) is 0 Å². The van der Waals surface area contributed by atoms with E-state index in [1.807, 2.05) is 61.5 Å². The average molecular weight is 277 g/mol. The van der Waals surface area contributed by atoms with Crippen LogP contribution in [0.25, 0.3) is 0 Å². The second kappa shape index (κ2) is 6.71. The van der Waals surface area contributed by atoms with Gasteiger partial charge < -0.3 is 10.4 Å². The van der Waals surface area contributed by atoms with Crippen LogP contribution < -0.4 is 5.32 Å². The number of rotatable bonds is 5. The molecule has 2 aromatic carbocycles. The lowest BCUT2D eigenvalue weighted by atomic mass is 10.0. The molecule has 0 amide bonds. The molecule has 0 aromatic heterocycles. The highest BCUT2D eigenvalue weighted by Gasteiger charge is 2.18. The molecule has 2 atom stereocenters. The van der Waals surface area contributed by atoms with Gasteiger partial charge in [-0.05, 0) is 24.6 Å². The molecule has 0 spiro atoms. The van der Waals surface area contributed by atoms with Crippen molar-refractivity contribution in [2.24, 2.45) is 0 Å². The van der Waals surface area contributed by atoms with Crippen LogP contribution in [0.3, 0.4) is 0 Å². The van der Waals surface area contributed by atoms with E-state index in [1.54, 1.807) is 0 Å². The molecule has 19 heavy (non-hydrogen) atoms. The van der Waals surface area contributed by atoms with Crippen LogP contribution in [-0.4, -0.2) is 11.1 Å². The molecular formula is C16H19ClNO+. The zero-order valence-electron chi connectivity index (χ0n) is 11.0. The maximum absolute atomic E-state index is 10.3. The van der Waals surface area contributed by atoms with Gasteiger partial charge >= 0.3 is 0 Å². The Hall–Kier alpha value is -1.35. The van der Waals surface area contributed by atoms with E-state index in [2.05, 4.69) is 5.32 Å². The van der Waals surface area contributed by atoms with E-state index >= 15 is 0 Å². The van der Waals surface area contributed by atoms with Gasteiger partial charge in [0, 0.05) is 10.6 Å². The molecule has 2 rings (SSSR count). The maximum atomic E-state index is 10.3. The fraction of sp³-hybridized carbons (Fsp3) is 0.250. The van der Waals surface area contributed by atoms with Gasteiger partial charge in [-0.25, -0.2) is 0 Å². The van der Waals surface area contributed by atoms with Gasteiger partial charge in [0.25, 0.3) is 0 Å². The van der Waals surface area contributed by atoms with Crippen LogP contribution in [0.5, 0.6) is 0 Å². The first-order chi connectivity index (χ1) is 9.16. The summed E-state index contributed by atoms with van der Waals surface area (Å²) in [6, 6.07) is 17.7. The molecular weight excluding hydrogens is 258 g/mol. The van der Waals surface area contributed by atoms with Crippen molar-refractivity contribution in [3.8, 4) is 0 Å². The number of aliphatic hydroxyl groups excluding tert-OH is 1. The summed E-state index contributed by atoms with van der Waals surface area (Å²) < 4.78 is 0. The van der Waals surface area contributed by atoms with Gasteiger partial charge in [-0.3, -0.25) is 0 Å². The number of halogens is 1. The Morgan fingerprint density at radius 3 is 2.32 bits per heavy atom. The van der Waals surface area contributed by atoms with E-state index in [0.717, 1.165) is 17.1 Å². The summed E-state index contributed by atoms with van der Waals surface area (Å²) in [5, 5.41) is 13.1. The average Bonchev–Trinajstić information content (AvgIpc) is 2.46. The van der Waals surface area contributed by atoms with Crippen molar-refractivity contribution < 1.29 is 10.4 Å². The minimum absolute atomic E-state index is 0.109. The quantitative estimate of drug-likeness (QED) is 0.865. The van der Waals surface area contributed by atoms with Crippen molar-refractivity contribution in [3.63, 3.8) is 0 Å². The predicted octanol–water partition coefficient (Wildman–Crippen LogP) is 2.53. The molecule has 0 aliphatic rings.